The molecule has 26 heavy (non-hydrogen) atoms. The van der Waals surface area contributed by atoms with Crippen LogP contribution in [0.5, 0.6) is 0 Å². The fourth-order valence-corrected chi connectivity index (χ4v) is 5.01. The molecule has 8 heteroatoms. The number of thiophene rings is 1. The van der Waals surface area contributed by atoms with Crippen LogP contribution in [0.1, 0.15) is 40.4 Å². The first-order chi connectivity index (χ1) is 12.5. The highest BCUT2D eigenvalue weighted by atomic mass is 32.2. The summed E-state index contributed by atoms with van der Waals surface area (Å²) in [5.74, 6) is 0.564. The van der Waals surface area contributed by atoms with Gasteiger partial charge in [-0.1, -0.05) is 11.8 Å². The monoisotopic (exact) mass is 392 g/mol. The van der Waals surface area contributed by atoms with Gasteiger partial charge in [0.15, 0.2) is 5.16 Å². The van der Waals surface area contributed by atoms with E-state index in [2.05, 4.69) is 4.98 Å². The molecule has 1 unspecified atom stereocenters. The molecule has 140 valence electrons. The molecule has 0 aliphatic carbocycles. The quantitative estimate of drug-likeness (QED) is 0.709. The highest BCUT2D eigenvalue weighted by molar-refractivity contribution is 7.99. The fraction of sp³-hybridized carbons (Fsp3) is 0.500. The minimum Gasteiger partial charge on any atom is -0.341 e. The first-order valence-electron chi connectivity index (χ1n) is 8.76. The van der Waals surface area contributed by atoms with E-state index in [1.54, 1.807) is 11.1 Å². The van der Waals surface area contributed by atoms with Crippen LogP contribution in [0.25, 0.3) is 0 Å². The maximum atomic E-state index is 12.7. The van der Waals surface area contributed by atoms with Crippen molar-refractivity contribution in [3.63, 3.8) is 0 Å². The lowest BCUT2D eigenvalue weighted by Crippen LogP contribution is -2.31. The molecule has 0 N–H and O–H groups in total. The second-order valence-electron chi connectivity index (χ2n) is 6.38. The highest BCUT2D eigenvalue weighted by Gasteiger charge is 2.31. The van der Waals surface area contributed by atoms with Crippen LogP contribution in [0.15, 0.2) is 29.7 Å². The summed E-state index contributed by atoms with van der Waals surface area (Å²) in [6, 6.07) is 3.98. The number of hydrogen-bond acceptors (Lipinski definition) is 5. The Kier molecular flexibility index (Phi) is 6.03. The summed E-state index contributed by atoms with van der Waals surface area (Å²) in [5.41, 5.74) is 0. The molecule has 0 spiro atoms. The largest absolute Gasteiger partial charge is 0.341 e. The Balaban J connectivity index is 1.66. The van der Waals surface area contributed by atoms with Gasteiger partial charge in [0.05, 0.1) is 16.7 Å². The first-order valence-corrected chi connectivity index (χ1v) is 10.6. The molecule has 3 heterocycles. The van der Waals surface area contributed by atoms with Gasteiger partial charge in [-0.2, -0.15) is 0 Å². The van der Waals surface area contributed by atoms with E-state index in [1.165, 1.54) is 23.1 Å². The van der Waals surface area contributed by atoms with Crippen LogP contribution in [-0.4, -0.2) is 57.1 Å². The molecule has 1 atom stereocenters. The van der Waals surface area contributed by atoms with E-state index >= 15 is 0 Å². The average molecular weight is 393 g/mol. The SMILES string of the molecule is CCN(C)C(=O)c1ccc(C2CCCN2C(=O)CSc2nccn2C)s1. The molecular formula is C18H24N4O2S2. The lowest BCUT2D eigenvalue weighted by atomic mass is 10.2. The zero-order valence-corrected chi connectivity index (χ0v) is 17.0. The van der Waals surface area contributed by atoms with Crippen molar-refractivity contribution in [1.82, 2.24) is 19.4 Å². The van der Waals surface area contributed by atoms with E-state index in [4.69, 9.17) is 0 Å². The normalized spacial score (nSPS) is 16.9. The molecule has 1 aliphatic heterocycles. The highest BCUT2D eigenvalue weighted by Crippen LogP contribution is 2.36. The Labute approximate surface area is 162 Å². The third kappa shape index (κ3) is 3.96. The number of rotatable bonds is 6. The smallest absolute Gasteiger partial charge is 0.263 e. The molecular weight excluding hydrogens is 368 g/mol. The molecule has 2 aromatic heterocycles. The van der Waals surface area contributed by atoms with Crippen molar-refractivity contribution in [2.45, 2.75) is 31.0 Å². The number of carbonyl (C=O) groups excluding carboxylic acids is 2. The molecule has 2 amide bonds. The number of amides is 2. The lowest BCUT2D eigenvalue weighted by molar-refractivity contribution is -0.129. The first kappa shape index (κ1) is 19.0. The van der Waals surface area contributed by atoms with Gasteiger partial charge in [0, 0.05) is 44.5 Å². The van der Waals surface area contributed by atoms with Gasteiger partial charge < -0.3 is 14.4 Å². The van der Waals surface area contributed by atoms with Crippen LogP contribution < -0.4 is 0 Å². The summed E-state index contributed by atoms with van der Waals surface area (Å²) >= 11 is 2.98. The van der Waals surface area contributed by atoms with E-state index in [0.717, 1.165) is 34.3 Å². The summed E-state index contributed by atoms with van der Waals surface area (Å²) in [4.78, 5) is 34.8. The Bertz CT molecular complexity index is 786. The molecule has 0 saturated carbocycles. The number of nitrogens with zero attached hydrogens (tertiary/aromatic N) is 4. The molecule has 0 aromatic carbocycles. The van der Waals surface area contributed by atoms with E-state index in [9.17, 15) is 9.59 Å². The maximum absolute atomic E-state index is 12.7. The van der Waals surface area contributed by atoms with E-state index in [0.29, 0.717) is 12.3 Å². The fourth-order valence-electron chi connectivity index (χ4n) is 3.04. The van der Waals surface area contributed by atoms with Gasteiger partial charge in [-0.3, -0.25) is 9.59 Å². The van der Waals surface area contributed by atoms with Crippen LogP contribution in [0.3, 0.4) is 0 Å². The summed E-state index contributed by atoms with van der Waals surface area (Å²) in [5, 5.41) is 0.848. The Morgan fingerprint density at radius 1 is 1.42 bits per heavy atom. The van der Waals surface area contributed by atoms with Crippen LogP contribution in [0, 0.1) is 0 Å². The van der Waals surface area contributed by atoms with Crippen molar-refractivity contribution >= 4 is 34.9 Å². The number of carbonyl (C=O) groups is 2. The van der Waals surface area contributed by atoms with Crippen molar-refractivity contribution in [3.05, 3.63) is 34.3 Å². The predicted molar refractivity (Wildman–Crippen MR) is 105 cm³/mol. The van der Waals surface area contributed by atoms with Crippen LogP contribution in [0.2, 0.25) is 0 Å². The van der Waals surface area contributed by atoms with E-state index in [1.807, 2.05) is 48.8 Å². The zero-order chi connectivity index (χ0) is 18.7. The van der Waals surface area contributed by atoms with Gasteiger partial charge in [-0.25, -0.2) is 4.98 Å². The number of thioether (sulfide) groups is 1. The van der Waals surface area contributed by atoms with Crippen molar-refractivity contribution < 1.29 is 9.59 Å². The number of imidazole rings is 1. The number of aryl methyl sites for hydroxylation is 1. The summed E-state index contributed by atoms with van der Waals surface area (Å²) < 4.78 is 1.92. The van der Waals surface area contributed by atoms with Crippen molar-refractivity contribution in [3.8, 4) is 0 Å². The lowest BCUT2D eigenvalue weighted by Gasteiger charge is -2.23. The Hall–Kier alpha value is -1.80. The van der Waals surface area contributed by atoms with Crippen LogP contribution >= 0.6 is 23.1 Å². The minimum absolute atomic E-state index is 0.0463. The standard InChI is InChI=1S/C18H24N4O2S2/c1-4-20(2)17(24)15-8-7-14(26-15)13-6-5-10-22(13)16(23)12-25-18-19-9-11-21(18)3/h7-9,11,13H,4-6,10,12H2,1-3H3. The maximum Gasteiger partial charge on any atom is 0.263 e. The summed E-state index contributed by atoms with van der Waals surface area (Å²) in [6.45, 7) is 3.42. The van der Waals surface area contributed by atoms with E-state index in [-0.39, 0.29) is 17.9 Å². The van der Waals surface area contributed by atoms with E-state index < -0.39 is 0 Å². The van der Waals surface area contributed by atoms with Crippen LogP contribution in [0.4, 0.5) is 0 Å². The number of aromatic nitrogens is 2. The second-order valence-corrected chi connectivity index (χ2v) is 8.43. The molecule has 2 aromatic rings. The summed E-state index contributed by atoms with van der Waals surface area (Å²) in [7, 11) is 3.73. The van der Waals surface area contributed by atoms with Gasteiger partial charge >= 0.3 is 0 Å². The van der Waals surface area contributed by atoms with Gasteiger partial charge in [-0.15, -0.1) is 11.3 Å². The van der Waals surface area contributed by atoms with Crippen molar-refractivity contribution in [2.75, 3.05) is 25.9 Å². The Morgan fingerprint density at radius 2 is 2.23 bits per heavy atom. The second kappa shape index (κ2) is 8.26. The summed E-state index contributed by atoms with van der Waals surface area (Å²) in [6.07, 6.45) is 5.57. The molecule has 6 nitrogen and oxygen atoms in total. The predicted octanol–water partition coefficient (Wildman–Crippen LogP) is 3.03. The average Bonchev–Trinajstić information content (AvgIpc) is 3.38. The van der Waals surface area contributed by atoms with Crippen molar-refractivity contribution in [2.24, 2.45) is 7.05 Å². The van der Waals surface area contributed by atoms with Gasteiger partial charge in [0.25, 0.3) is 5.91 Å². The zero-order valence-electron chi connectivity index (χ0n) is 15.3. The number of hydrogen-bond donors (Lipinski definition) is 0. The number of likely N-dealkylation sites (tertiary alicyclic amines) is 1. The van der Waals surface area contributed by atoms with Gasteiger partial charge in [0.2, 0.25) is 5.91 Å². The van der Waals surface area contributed by atoms with Gasteiger partial charge in [-0.05, 0) is 31.9 Å². The molecule has 0 bridgehead atoms. The molecule has 1 saturated heterocycles. The van der Waals surface area contributed by atoms with Gasteiger partial charge in [0.1, 0.15) is 0 Å². The molecule has 1 fully saturated rings. The molecule has 1 aliphatic rings. The third-order valence-corrected chi connectivity index (χ3v) is 6.88. The van der Waals surface area contributed by atoms with Crippen LogP contribution in [-0.2, 0) is 11.8 Å². The topological polar surface area (TPSA) is 58.4 Å². The molecule has 3 rings (SSSR count). The Morgan fingerprint density at radius 3 is 2.92 bits per heavy atom. The molecule has 0 radical (unpaired) electrons. The third-order valence-electron chi connectivity index (χ3n) is 4.66. The minimum atomic E-state index is 0.0463. The van der Waals surface area contributed by atoms with Crippen molar-refractivity contribution in [1.29, 1.82) is 0 Å².